The lowest BCUT2D eigenvalue weighted by molar-refractivity contribution is 0.314. The second-order valence-electron chi connectivity index (χ2n) is 4.47. The Hall–Kier alpha value is -1.37. The van der Waals surface area contributed by atoms with E-state index in [1.54, 1.807) is 0 Å². The molecule has 2 heterocycles. The summed E-state index contributed by atoms with van der Waals surface area (Å²) in [5.74, 6) is 0.748. The van der Waals surface area contributed by atoms with Gasteiger partial charge in [0.2, 0.25) is 5.65 Å². The van der Waals surface area contributed by atoms with Crippen LogP contribution < -0.4 is 5.32 Å². The van der Waals surface area contributed by atoms with Crippen LogP contribution in [0.2, 0.25) is 0 Å². The lowest BCUT2D eigenvalue weighted by Gasteiger charge is -2.23. The van der Waals surface area contributed by atoms with Crippen molar-refractivity contribution in [2.75, 3.05) is 11.6 Å². The predicted molar refractivity (Wildman–Crippen MR) is 69.7 cm³/mol. The van der Waals surface area contributed by atoms with Gasteiger partial charge < -0.3 is 5.32 Å². The van der Waals surface area contributed by atoms with Gasteiger partial charge in [0, 0.05) is 6.04 Å². The molecule has 1 saturated carbocycles. The fourth-order valence-electron chi connectivity index (χ4n) is 2.30. The average Bonchev–Trinajstić information content (AvgIpc) is 2.88. The third-order valence-corrected chi connectivity index (χ3v) is 3.78. The number of hydrogen-bond acceptors (Lipinski definition) is 7. The normalized spacial score (nSPS) is 17.2. The first kappa shape index (κ1) is 11.7. The van der Waals surface area contributed by atoms with Crippen molar-refractivity contribution in [3.63, 3.8) is 0 Å². The van der Waals surface area contributed by atoms with Crippen molar-refractivity contribution in [1.29, 1.82) is 0 Å². The number of nitrogens with one attached hydrogen (secondary N) is 1. The van der Waals surface area contributed by atoms with E-state index in [9.17, 15) is 0 Å². The minimum Gasteiger partial charge on any atom is -0.365 e. The van der Waals surface area contributed by atoms with E-state index in [-0.39, 0.29) is 0 Å². The number of aromatic nitrogens is 4. The number of thioether (sulfide) groups is 1. The highest BCUT2D eigenvalue weighted by Gasteiger charge is 2.18. The summed E-state index contributed by atoms with van der Waals surface area (Å²) in [5.41, 5.74) is 1.14. The topological polar surface area (TPSA) is 76.7 Å². The van der Waals surface area contributed by atoms with Crippen molar-refractivity contribution >= 4 is 28.7 Å². The van der Waals surface area contributed by atoms with Crippen molar-refractivity contribution < 1.29 is 4.63 Å². The van der Waals surface area contributed by atoms with Gasteiger partial charge in [0.25, 0.3) is 0 Å². The summed E-state index contributed by atoms with van der Waals surface area (Å²) < 4.78 is 4.74. The monoisotopic (exact) mass is 265 g/mol. The van der Waals surface area contributed by atoms with E-state index >= 15 is 0 Å². The van der Waals surface area contributed by atoms with E-state index in [0.717, 1.165) is 5.82 Å². The second-order valence-corrected chi connectivity index (χ2v) is 5.25. The quantitative estimate of drug-likeness (QED) is 0.674. The summed E-state index contributed by atoms with van der Waals surface area (Å²) in [5, 5.41) is 11.8. The zero-order chi connectivity index (χ0) is 12.4. The molecule has 1 aliphatic rings. The molecule has 6 nitrogen and oxygen atoms in total. The van der Waals surface area contributed by atoms with E-state index in [4.69, 9.17) is 4.63 Å². The molecule has 1 fully saturated rings. The molecule has 0 radical (unpaired) electrons. The van der Waals surface area contributed by atoms with Gasteiger partial charge in [0.05, 0.1) is 0 Å². The van der Waals surface area contributed by atoms with Crippen LogP contribution >= 0.6 is 11.8 Å². The molecule has 1 aliphatic carbocycles. The molecule has 0 atom stereocenters. The molecule has 0 aliphatic heterocycles. The van der Waals surface area contributed by atoms with Crippen molar-refractivity contribution in [1.82, 2.24) is 20.3 Å². The Balaban J connectivity index is 1.91. The first-order chi connectivity index (χ1) is 8.86. The van der Waals surface area contributed by atoms with Crippen molar-refractivity contribution in [3.8, 4) is 0 Å². The van der Waals surface area contributed by atoms with Gasteiger partial charge in [0.15, 0.2) is 16.5 Å². The van der Waals surface area contributed by atoms with Crippen LogP contribution in [0.3, 0.4) is 0 Å². The van der Waals surface area contributed by atoms with E-state index in [1.165, 1.54) is 43.9 Å². The van der Waals surface area contributed by atoms with E-state index in [1.807, 2.05) is 6.26 Å². The maximum absolute atomic E-state index is 4.74. The zero-order valence-electron chi connectivity index (χ0n) is 10.2. The molecule has 96 valence electrons. The Morgan fingerprint density at radius 3 is 2.78 bits per heavy atom. The third kappa shape index (κ3) is 2.27. The van der Waals surface area contributed by atoms with Crippen LogP contribution in [0.5, 0.6) is 0 Å². The van der Waals surface area contributed by atoms with Gasteiger partial charge in [-0.2, -0.15) is 4.98 Å². The Bertz CT molecular complexity index is 537. The molecule has 0 unspecified atom stereocenters. The first-order valence-electron chi connectivity index (χ1n) is 6.17. The van der Waals surface area contributed by atoms with Crippen LogP contribution in [0.4, 0.5) is 5.82 Å². The average molecular weight is 265 g/mol. The number of anilines is 1. The number of hydrogen-bond donors (Lipinski definition) is 1. The first-order valence-corrected chi connectivity index (χ1v) is 7.40. The lowest BCUT2D eigenvalue weighted by atomic mass is 9.95. The molecular formula is C11H15N5OS. The van der Waals surface area contributed by atoms with Crippen LogP contribution in [0.25, 0.3) is 11.2 Å². The Morgan fingerprint density at radius 2 is 2.00 bits per heavy atom. The molecule has 0 aromatic carbocycles. The minimum absolute atomic E-state index is 0.475. The van der Waals surface area contributed by atoms with Crippen molar-refractivity contribution in [2.45, 2.75) is 43.3 Å². The number of rotatable bonds is 3. The molecule has 3 rings (SSSR count). The van der Waals surface area contributed by atoms with E-state index in [0.29, 0.717) is 22.4 Å². The molecule has 2 aromatic heterocycles. The summed E-state index contributed by atoms with van der Waals surface area (Å²) in [6.45, 7) is 0. The van der Waals surface area contributed by atoms with Gasteiger partial charge in [0.1, 0.15) is 0 Å². The molecule has 0 bridgehead atoms. The van der Waals surface area contributed by atoms with Gasteiger partial charge in [-0.15, -0.1) is 0 Å². The highest BCUT2D eigenvalue weighted by atomic mass is 32.2. The third-order valence-electron chi connectivity index (χ3n) is 3.23. The molecule has 0 amide bonds. The maximum Gasteiger partial charge on any atom is 0.230 e. The van der Waals surface area contributed by atoms with Gasteiger partial charge in [-0.25, -0.2) is 9.61 Å². The van der Waals surface area contributed by atoms with Crippen molar-refractivity contribution in [3.05, 3.63) is 0 Å². The Kier molecular flexibility index (Phi) is 3.31. The Labute approximate surface area is 109 Å². The fourth-order valence-corrected chi connectivity index (χ4v) is 2.66. The molecule has 18 heavy (non-hydrogen) atoms. The van der Waals surface area contributed by atoms with E-state index < -0.39 is 0 Å². The lowest BCUT2D eigenvalue weighted by Crippen LogP contribution is -2.23. The maximum atomic E-state index is 4.74. The zero-order valence-corrected chi connectivity index (χ0v) is 11.0. The second kappa shape index (κ2) is 5.09. The molecular weight excluding hydrogens is 250 g/mol. The highest BCUT2D eigenvalue weighted by molar-refractivity contribution is 7.98. The van der Waals surface area contributed by atoms with Gasteiger partial charge >= 0.3 is 0 Å². The largest absolute Gasteiger partial charge is 0.365 e. The molecule has 0 spiro atoms. The summed E-state index contributed by atoms with van der Waals surface area (Å²) in [6, 6.07) is 0.475. The summed E-state index contributed by atoms with van der Waals surface area (Å²) in [4.78, 5) is 8.72. The number of fused-ring (bicyclic) bond motifs is 1. The van der Waals surface area contributed by atoms with Crippen LogP contribution in [0.15, 0.2) is 9.79 Å². The summed E-state index contributed by atoms with van der Waals surface area (Å²) >= 11 is 1.49. The van der Waals surface area contributed by atoms with Crippen LogP contribution in [-0.4, -0.2) is 32.6 Å². The molecule has 2 aromatic rings. The van der Waals surface area contributed by atoms with Crippen LogP contribution in [0, 0.1) is 0 Å². The standard InChI is InChI=1S/C11H15N5OS/c1-18-11-13-9(8-10(14-11)16-17-15-8)12-7-5-3-2-4-6-7/h7H,2-6H2,1H3,(H,12,13,14,16). The van der Waals surface area contributed by atoms with Gasteiger partial charge in [-0.3, -0.25) is 0 Å². The summed E-state index contributed by atoms with van der Waals surface area (Å²) in [6.07, 6.45) is 8.20. The van der Waals surface area contributed by atoms with Crippen LogP contribution in [-0.2, 0) is 0 Å². The SMILES string of the molecule is CSc1nc(NC2CCCCC2)c2nonc2n1. The fraction of sp³-hybridized carbons (Fsp3) is 0.636. The molecule has 0 saturated heterocycles. The Morgan fingerprint density at radius 1 is 1.17 bits per heavy atom. The minimum atomic E-state index is 0.475. The van der Waals surface area contributed by atoms with Gasteiger partial charge in [-0.1, -0.05) is 31.0 Å². The van der Waals surface area contributed by atoms with Gasteiger partial charge in [-0.05, 0) is 29.4 Å². The molecule has 7 heteroatoms. The molecule has 1 N–H and O–H groups in total. The van der Waals surface area contributed by atoms with Crippen molar-refractivity contribution in [2.24, 2.45) is 0 Å². The van der Waals surface area contributed by atoms with E-state index in [2.05, 4.69) is 25.6 Å². The highest BCUT2D eigenvalue weighted by Crippen LogP contribution is 2.25. The smallest absolute Gasteiger partial charge is 0.230 e. The predicted octanol–water partition coefficient (Wildman–Crippen LogP) is 2.48. The van der Waals surface area contributed by atoms with Crippen LogP contribution in [0.1, 0.15) is 32.1 Å². The summed E-state index contributed by atoms with van der Waals surface area (Å²) in [7, 11) is 0. The number of nitrogens with zero attached hydrogens (tertiary/aromatic N) is 4.